The van der Waals surface area contributed by atoms with Crippen molar-refractivity contribution in [2.75, 3.05) is 7.11 Å². The van der Waals surface area contributed by atoms with Crippen LogP contribution in [0.2, 0.25) is 0 Å². The summed E-state index contributed by atoms with van der Waals surface area (Å²) in [5.74, 6) is -0.426. The van der Waals surface area contributed by atoms with Crippen molar-refractivity contribution >= 4 is 11.6 Å². The Labute approximate surface area is 92.8 Å². The van der Waals surface area contributed by atoms with Crippen molar-refractivity contribution < 1.29 is 19.4 Å². The van der Waals surface area contributed by atoms with Crippen molar-refractivity contribution in [2.45, 2.75) is 18.9 Å². The largest absolute Gasteiger partial charge is 0.497 e. The van der Waals surface area contributed by atoms with Crippen LogP contribution < -0.4 is 4.74 Å². The van der Waals surface area contributed by atoms with Gasteiger partial charge in [-0.3, -0.25) is 9.59 Å². The number of aliphatic hydroxyl groups is 1. The van der Waals surface area contributed by atoms with Crippen LogP contribution in [-0.2, 0) is 11.2 Å². The number of hydrogen-bond acceptors (Lipinski definition) is 4. The van der Waals surface area contributed by atoms with Crippen molar-refractivity contribution in [3.05, 3.63) is 29.3 Å². The number of hydrogen-bond donors (Lipinski definition) is 1. The molecule has 0 aliphatic heterocycles. The number of ether oxygens (including phenoxy) is 1. The first-order chi connectivity index (χ1) is 7.49. The van der Waals surface area contributed by atoms with E-state index in [1.807, 2.05) is 0 Å². The van der Waals surface area contributed by atoms with Crippen LogP contribution in [0.3, 0.4) is 0 Å². The molecule has 4 nitrogen and oxygen atoms in total. The summed E-state index contributed by atoms with van der Waals surface area (Å²) < 4.78 is 5.03. The van der Waals surface area contributed by atoms with E-state index in [0.29, 0.717) is 16.9 Å². The number of methoxy groups -OCH3 is 1. The summed E-state index contributed by atoms with van der Waals surface area (Å²) in [6, 6.07) is 4.90. The highest BCUT2D eigenvalue weighted by atomic mass is 16.5. The Morgan fingerprint density at radius 2 is 2.19 bits per heavy atom. The molecular weight excluding hydrogens is 208 g/mol. The number of fused-ring (bicyclic) bond motifs is 1. The zero-order chi connectivity index (χ0) is 11.9. The maximum atomic E-state index is 11.8. The van der Waals surface area contributed by atoms with Gasteiger partial charge in [0.2, 0.25) is 5.78 Å². The van der Waals surface area contributed by atoms with E-state index in [0.717, 1.165) is 0 Å². The van der Waals surface area contributed by atoms with E-state index in [1.54, 1.807) is 18.2 Å². The van der Waals surface area contributed by atoms with E-state index < -0.39 is 17.2 Å². The molecule has 0 aromatic heterocycles. The summed E-state index contributed by atoms with van der Waals surface area (Å²) in [5.41, 5.74) is -0.824. The standard InChI is InChI=1S/C12H12O4/c1-7(13)12(15)6-8-5-9(16-2)3-4-10(8)11(12)14/h3-5,15H,6H2,1-2H3/t12-/m1/s1. The van der Waals surface area contributed by atoms with E-state index in [9.17, 15) is 14.7 Å². The maximum absolute atomic E-state index is 11.8. The molecule has 2 rings (SSSR count). The van der Waals surface area contributed by atoms with E-state index >= 15 is 0 Å². The third-order valence-corrected chi connectivity index (χ3v) is 2.96. The highest BCUT2D eigenvalue weighted by molar-refractivity contribution is 6.20. The number of ketones is 2. The highest BCUT2D eigenvalue weighted by Gasteiger charge is 2.47. The molecule has 16 heavy (non-hydrogen) atoms. The van der Waals surface area contributed by atoms with Gasteiger partial charge in [-0.15, -0.1) is 0 Å². The predicted molar refractivity (Wildman–Crippen MR) is 56.7 cm³/mol. The van der Waals surface area contributed by atoms with Gasteiger partial charge in [0.05, 0.1) is 7.11 Å². The van der Waals surface area contributed by atoms with Gasteiger partial charge in [-0.2, -0.15) is 0 Å². The van der Waals surface area contributed by atoms with Crippen molar-refractivity contribution in [1.29, 1.82) is 0 Å². The summed E-state index contributed by atoms with van der Waals surface area (Å²) >= 11 is 0. The van der Waals surface area contributed by atoms with E-state index in [2.05, 4.69) is 0 Å². The Morgan fingerprint density at radius 1 is 1.50 bits per heavy atom. The lowest BCUT2D eigenvalue weighted by Crippen LogP contribution is -2.43. The van der Waals surface area contributed by atoms with Gasteiger partial charge in [0.15, 0.2) is 11.4 Å². The Balaban J connectivity index is 2.49. The summed E-state index contributed by atoms with van der Waals surface area (Å²) in [6.07, 6.45) is 0.0354. The number of benzene rings is 1. The van der Waals surface area contributed by atoms with Crippen LogP contribution in [0.15, 0.2) is 18.2 Å². The SMILES string of the molecule is COc1ccc2c(c1)C[C@@](O)(C(C)=O)C2=O. The monoisotopic (exact) mass is 220 g/mol. The molecule has 0 bridgehead atoms. The summed E-state index contributed by atoms with van der Waals surface area (Å²) in [4.78, 5) is 23.1. The Hall–Kier alpha value is -1.68. The second-order valence-electron chi connectivity index (χ2n) is 3.95. The normalized spacial score (nSPS) is 23.1. The summed E-state index contributed by atoms with van der Waals surface area (Å²) in [5, 5.41) is 9.98. The lowest BCUT2D eigenvalue weighted by Gasteiger charge is -2.15. The van der Waals surface area contributed by atoms with E-state index in [-0.39, 0.29) is 6.42 Å². The lowest BCUT2D eigenvalue weighted by molar-refractivity contribution is -0.130. The first-order valence-corrected chi connectivity index (χ1v) is 4.94. The van der Waals surface area contributed by atoms with Crippen LogP contribution in [0, 0.1) is 0 Å². The fourth-order valence-electron chi connectivity index (χ4n) is 1.93. The third-order valence-electron chi connectivity index (χ3n) is 2.96. The number of carbonyl (C=O) groups excluding carboxylic acids is 2. The summed E-state index contributed by atoms with van der Waals surface area (Å²) in [7, 11) is 1.52. The topological polar surface area (TPSA) is 63.6 Å². The molecule has 1 aromatic rings. The molecule has 0 spiro atoms. The Morgan fingerprint density at radius 3 is 2.75 bits per heavy atom. The number of carbonyl (C=O) groups is 2. The van der Waals surface area contributed by atoms with E-state index in [1.165, 1.54) is 14.0 Å². The minimum atomic E-state index is -1.88. The van der Waals surface area contributed by atoms with Gasteiger partial charge in [-0.25, -0.2) is 0 Å². The molecule has 0 heterocycles. The van der Waals surface area contributed by atoms with Crippen LogP contribution in [0.4, 0.5) is 0 Å². The molecule has 0 radical (unpaired) electrons. The third kappa shape index (κ3) is 1.34. The quantitative estimate of drug-likeness (QED) is 0.747. The molecule has 0 fully saturated rings. The average Bonchev–Trinajstić information content (AvgIpc) is 2.52. The number of rotatable bonds is 2. The second kappa shape index (κ2) is 3.42. The molecule has 1 aliphatic rings. The molecule has 1 aromatic carbocycles. The average molecular weight is 220 g/mol. The Kier molecular flexibility index (Phi) is 2.31. The first-order valence-electron chi connectivity index (χ1n) is 4.94. The smallest absolute Gasteiger partial charge is 0.202 e. The zero-order valence-electron chi connectivity index (χ0n) is 9.11. The lowest BCUT2D eigenvalue weighted by atomic mass is 9.95. The van der Waals surface area contributed by atoms with Gasteiger partial charge < -0.3 is 9.84 Å². The molecule has 1 atom stereocenters. The predicted octanol–water partition coefficient (Wildman–Crippen LogP) is 0.754. The first kappa shape index (κ1) is 10.8. The summed E-state index contributed by atoms with van der Waals surface area (Å²) in [6.45, 7) is 1.22. The molecule has 0 saturated heterocycles. The van der Waals surface area contributed by atoms with Gasteiger partial charge >= 0.3 is 0 Å². The molecule has 1 aliphatic carbocycles. The molecule has 84 valence electrons. The van der Waals surface area contributed by atoms with Crippen molar-refractivity contribution in [2.24, 2.45) is 0 Å². The van der Waals surface area contributed by atoms with Crippen LogP contribution in [0.5, 0.6) is 5.75 Å². The fourth-order valence-corrected chi connectivity index (χ4v) is 1.93. The molecular formula is C12H12O4. The maximum Gasteiger partial charge on any atom is 0.202 e. The molecule has 0 saturated carbocycles. The molecule has 4 heteroatoms. The van der Waals surface area contributed by atoms with Gasteiger partial charge in [0.1, 0.15) is 5.75 Å². The highest BCUT2D eigenvalue weighted by Crippen LogP contribution is 2.33. The van der Waals surface area contributed by atoms with Gasteiger partial charge in [-0.1, -0.05) is 0 Å². The number of Topliss-reactive ketones (excluding diaryl/α,β-unsaturated/α-hetero) is 2. The van der Waals surface area contributed by atoms with Crippen molar-refractivity contribution in [3.63, 3.8) is 0 Å². The van der Waals surface area contributed by atoms with Crippen molar-refractivity contribution in [3.8, 4) is 5.75 Å². The molecule has 0 amide bonds. The molecule has 0 unspecified atom stereocenters. The zero-order valence-corrected chi connectivity index (χ0v) is 9.11. The van der Waals surface area contributed by atoms with Crippen LogP contribution in [0.1, 0.15) is 22.8 Å². The van der Waals surface area contributed by atoms with Gasteiger partial charge in [-0.05, 0) is 30.7 Å². The second-order valence-corrected chi connectivity index (χ2v) is 3.95. The van der Waals surface area contributed by atoms with Crippen molar-refractivity contribution in [1.82, 2.24) is 0 Å². The minimum absolute atomic E-state index is 0.0354. The van der Waals surface area contributed by atoms with E-state index in [4.69, 9.17) is 4.74 Å². The minimum Gasteiger partial charge on any atom is -0.497 e. The van der Waals surface area contributed by atoms with Crippen LogP contribution in [-0.4, -0.2) is 29.4 Å². The fraction of sp³-hybridized carbons (Fsp3) is 0.333. The Bertz CT molecular complexity index is 478. The van der Waals surface area contributed by atoms with Gasteiger partial charge in [0.25, 0.3) is 0 Å². The van der Waals surface area contributed by atoms with Crippen LogP contribution in [0.25, 0.3) is 0 Å². The molecule has 1 N–H and O–H groups in total. The van der Waals surface area contributed by atoms with Crippen LogP contribution >= 0.6 is 0 Å². The van der Waals surface area contributed by atoms with Gasteiger partial charge in [0, 0.05) is 12.0 Å².